The van der Waals surface area contributed by atoms with E-state index in [9.17, 15) is 9.59 Å². The molecule has 2 amide bonds. The van der Waals surface area contributed by atoms with Gasteiger partial charge < -0.3 is 9.80 Å². The monoisotopic (exact) mass is 469 g/mol. The molecule has 1 saturated heterocycles. The summed E-state index contributed by atoms with van der Waals surface area (Å²) in [5.41, 5.74) is 5.90. The van der Waals surface area contributed by atoms with E-state index in [0.29, 0.717) is 41.3 Å². The molecule has 3 heterocycles. The molecule has 2 aliphatic heterocycles. The number of aromatic amines is 1. The maximum Gasteiger partial charge on any atom is 0.257 e. The van der Waals surface area contributed by atoms with E-state index in [4.69, 9.17) is 11.6 Å². The Hall–Kier alpha value is -3.97. The lowest BCUT2D eigenvalue weighted by atomic mass is 10.0. The van der Waals surface area contributed by atoms with Crippen LogP contribution >= 0.6 is 11.6 Å². The van der Waals surface area contributed by atoms with Crippen molar-refractivity contribution in [3.05, 3.63) is 94.7 Å². The summed E-state index contributed by atoms with van der Waals surface area (Å²) in [4.78, 5) is 29.7. The summed E-state index contributed by atoms with van der Waals surface area (Å²) < 4.78 is 0. The van der Waals surface area contributed by atoms with Crippen molar-refractivity contribution in [1.29, 1.82) is 0 Å². The third kappa shape index (κ3) is 3.64. The van der Waals surface area contributed by atoms with Gasteiger partial charge in [0.05, 0.1) is 5.52 Å². The van der Waals surface area contributed by atoms with E-state index >= 15 is 0 Å². The summed E-state index contributed by atoms with van der Waals surface area (Å²) >= 11 is 5.97. The van der Waals surface area contributed by atoms with Gasteiger partial charge in [-0.1, -0.05) is 41.1 Å². The summed E-state index contributed by atoms with van der Waals surface area (Å²) in [7, 11) is 0. The van der Waals surface area contributed by atoms with E-state index in [2.05, 4.69) is 15.4 Å². The van der Waals surface area contributed by atoms with Crippen molar-refractivity contribution in [3.63, 3.8) is 0 Å². The quantitative estimate of drug-likeness (QED) is 0.482. The first-order valence-electron chi connectivity index (χ1n) is 11.0. The third-order valence-corrected chi connectivity index (χ3v) is 6.76. The second-order valence-corrected chi connectivity index (χ2v) is 9.11. The molecule has 7 nitrogen and oxygen atoms in total. The van der Waals surface area contributed by atoms with Crippen LogP contribution in [0.5, 0.6) is 0 Å². The van der Waals surface area contributed by atoms with Crippen LogP contribution in [0.4, 0.5) is 0 Å². The first-order chi connectivity index (χ1) is 16.5. The summed E-state index contributed by atoms with van der Waals surface area (Å²) in [6.07, 6.45) is 1.91. The predicted octanol–water partition coefficient (Wildman–Crippen LogP) is 4.39. The summed E-state index contributed by atoms with van der Waals surface area (Å²) in [5.74, 6) is 0.104. The Morgan fingerprint density at radius 1 is 0.882 bits per heavy atom. The zero-order chi connectivity index (χ0) is 23.2. The molecule has 0 radical (unpaired) electrons. The van der Waals surface area contributed by atoms with Crippen molar-refractivity contribution in [3.8, 4) is 11.1 Å². The number of fused-ring (bicyclic) bond motifs is 2. The molecule has 0 spiro atoms. The van der Waals surface area contributed by atoms with Gasteiger partial charge in [0, 0.05) is 47.9 Å². The lowest BCUT2D eigenvalue weighted by Gasteiger charge is -2.20. The molecule has 0 unspecified atom stereocenters. The van der Waals surface area contributed by atoms with E-state index in [1.165, 1.54) is 0 Å². The summed E-state index contributed by atoms with van der Waals surface area (Å²) in [6, 6.07) is 20.6. The van der Waals surface area contributed by atoms with Crippen LogP contribution in [-0.2, 0) is 0 Å². The van der Waals surface area contributed by atoms with Crippen molar-refractivity contribution >= 4 is 34.4 Å². The minimum Gasteiger partial charge on any atom is -0.334 e. The average molecular weight is 470 g/mol. The highest BCUT2D eigenvalue weighted by atomic mass is 35.5. The van der Waals surface area contributed by atoms with E-state index < -0.39 is 0 Å². The van der Waals surface area contributed by atoms with Gasteiger partial charge in [0.2, 0.25) is 0 Å². The fourth-order valence-corrected chi connectivity index (χ4v) is 4.80. The highest BCUT2D eigenvalue weighted by molar-refractivity contribution is 6.30. The van der Waals surface area contributed by atoms with Crippen LogP contribution in [0.1, 0.15) is 20.7 Å². The molecule has 8 heteroatoms. The maximum absolute atomic E-state index is 13.1. The number of H-pyrrole nitrogens is 1. The third-order valence-electron chi connectivity index (χ3n) is 6.51. The SMILES string of the molecule is O=C(c1ccc(-c2ccc(Cl)cc2)cc1)N1C=C2CN(C(=O)c3ccc4[nH]nnc4c3)C[C@@H]2C1. The molecule has 1 N–H and O–H groups in total. The van der Waals surface area contributed by atoms with Crippen LogP contribution in [0, 0.1) is 5.92 Å². The van der Waals surface area contributed by atoms with E-state index in [1.54, 1.807) is 17.0 Å². The van der Waals surface area contributed by atoms with Gasteiger partial charge in [0.15, 0.2) is 0 Å². The standard InChI is InChI=1S/C26H20ClN5O2/c27-22-8-5-17(6-9-22)16-1-3-18(4-2-16)25(33)31-12-20-14-32(15-21(20)13-31)26(34)19-7-10-23-24(11-19)29-30-28-23/h1-12,21H,13-15H2,(H,28,29,30)/t21-/m0/s1. The number of benzene rings is 3. The second kappa shape index (κ2) is 8.11. The number of aromatic nitrogens is 3. The largest absolute Gasteiger partial charge is 0.334 e. The number of hydrogen-bond donors (Lipinski definition) is 1. The van der Waals surface area contributed by atoms with Gasteiger partial charge in [-0.15, -0.1) is 5.10 Å². The van der Waals surface area contributed by atoms with Gasteiger partial charge in [-0.2, -0.15) is 0 Å². The molecular weight excluding hydrogens is 450 g/mol. The molecule has 34 heavy (non-hydrogen) atoms. The molecule has 2 aliphatic rings. The number of carbonyl (C=O) groups excluding carboxylic acids is 2. The molecule has 1 fully saturated rings. The lowest BCUT2D eigenvalue weighted by molar-refractivity contribution is 0.0774. The second-order valence-electron chi connectivity index (χ2n) is 8.67. The number of carbonyl (C=O) groups is 2. The first-order valence-corrected chi connectivity index (χ1v) is 11.4. The summed E-state index contributed by atoms with van der Waals surface area (Å²) in [6.45, 7) is 1.71. The molecule has 1 atom stereocenters. The Labute approximate surface area is 200 Å². The number of amides is 2. The fourth-order valence-electron chi connectivity index (χ4n) is 4.68. The van der Waals surface area contributed by atoms with Crippen molar-refractivity contribution < 1.29 is 9.59 Å². The minimum absolute atomic E-state index is 0.0288. The maximum atomic E-state index is 13.1. The number of rotatable bonds is 3. The predicted molar refractivity (Wildman–Crippen MR) is 129 cm³/mol. The number of nitrogens with zero attached hydrogens (tertiary/aromatic N) is 4. The van der Waals surface area contributed by atoms with E-state index in [-0.39, 0.29) is 17.7 Å². The first kappa shape index (κ1) is 20.6. The van der Waals surface area contributed by atoms with Gasteiger partial charge >= 0.3 is 0 Å². The van der Waals surface area contributed by atoms with Crippen LogP contribution in [-0.4, -0.2) is 56.7 Å². The molecule has 0 saturated carbocycles. The van der Waals surface area contributed by atoms with E-state index in [0.717, 1.165) is 22.2 Å². The number of hydrogen-bond acceptors (Lipinski definition) is 4. The lowest BCUT2D eigenvalue weighted by Crippen LogP contribution is -2.33. The zero-order valence-electron chi connectivity index (χ0n) is 18.1. The molecule has 4 aromatic rings. The van der Waals surface area contributed by atoms with Crippen molar-refractivity contribution in [2.24, 2.45) is 5.92 Å². The summed E-state index contributed by atoms with van der Waals surface area (Å²) in [5, 5.41) is 11.2. The van der Waals surface area contributed by atoms with Crippen LogP contribution in [0.25, 0.3) is 22.2 Å². The number of nitrogens with one attached hydrogen (secondary N) is 1. The highest BCUT2D eigenvalue weighted by Gasteiger charge is 2.37. The van der Waals surface area contributed by atoms with Crippen LogP contribution < -0.4 is 0 Å². The Morgan fingerprint density at radius 3 is 2.32 bits per heavy atom. The fraction of sp³-hybridized carbons (Fsp3) is 0.154. The molecule has 168 valence electrons. The smallest absolute Gasteiger partial charge is 0.257 e. The highest BCUT2D eigenvalue weighted by Crippen LogP contribution is 2.32. The van der Waals surface area contributed by atoms with Gasteiger partial charge in [0.1, 0.15) is 5.52 Å². The molecule has 0 bridgehead atoms. The Kier molecular flexibility index (Phi) is 4.92. The minimum atomic E-state index is -0.0316. The number of likely N-dealkylation sites (tertiary alicyclic amines) is 1. The van der Waals surface area contributed by atoms with Crippen molar-refractivity contribution in [1.82, 2.24) is 25.2 Å². The van der Waals surface area contributed by atoms with Crippen molar-refractivity contribution in [2.45, 2.75) is 0 Å². The Morgan fingerprint density at radius 2 is 1.59 bits per heavy atom. The Bertz CT molecular complexity index is 1440. The number of halogens is 1. The van der Waals surface area contributed by atoms with Gasteiger partial charge in [-0.3, -0.25) is 14.7 Å². The molecule has 1 aromatic heterocycles. The topological polar surface area (TPSA) is 82.2 Å². The van der Waals surface area contributed by atoms with Crippen LogP contribution in [0.15, 0.2) is 78.5 Å². The van der Waals surface area contributed by atoms with Crippen LogP contribution in [0.3, 0.4) is 0 Å². The molecular formula is C26H20ClN5O2. The van der Waals surface area contributed by atoms with Crippen molar-refractivity contribution in [2.75, 3.05) is 19.6 Å². The van der Waals surface area contributed by atoms with Gasteiger partial charge in [0.25, 0.3) is 11.8 Å². The Balaban J connectivity index is 1.14. The molecule has 6 rings (SSSR count). The normalized spacial score (nSPS) is 17.2. The molecule has 0 aliphatic carbocycles. The van der Waals surface area contributed by atoms with Crippen LogP contribution in [0.2, 0.25) is 5.02 Å². The average Bonchev–Trinajstić information content (AvgIpc) is 3.58. The van der Waals surface area contributed by atoms with E-state index in [1.807, 2.05) is 65.7 Å². The molecule has 3 aromatic carbocycles. The van der Waals surface area contributed by atoms with Gasteiger partial charge in [-0.25, -0.2) is 0 Å². The van der Waals surface area contributed by atoms with Gasteiger partial charge in [-0.05, 0) is 59.2 Å². The zero-order valence-corrected chi connectivity index (χ0v) is 18.9.